The molecule has 160 valence electrons. The summed E-state index contributed by atoms with van der Waals surface area (Å²) < 4.78 is 49.5. The lowest BCUT2D eigenvalue weighted by Crippen LogP contribution is -2.64. The molecule has 0 radical (unpaired) electrons. The maximum Gasteiger partial charge on any atom is 0.399 e. The number of ether oxygens (including phenoxy) is 3. The molecule has 27 heavy (non-hydrogen) atoms. The summed E-state index contributed by atoms with van der Waals surface area (Å²) in [6.07, 6.45) is -17.5. The molecule has 1 unspecified atom stereocenters. The fourth-order valence-corrected chi connectivity index (χ4v) is 3.15. The van der Waals surface area contributed by atoms with Crippen molar-refractivity contribution in [1.29, 1.82) is 0 Å². The highest BCUT2D eigenvalue weighted by Crippen LogP contribution is 2.29. The highest BCUT2D eigenvalue weighted by Gasteiger charge is 2.51. The predicted octanol–water partition coefficient (Wildman–Crippen LogP) is -5.57. The minimum Gasteiger partial charge on any atom is -0.394 e. The molecular weight excluding hydrogens is 400 g/mol. The maximum atomic E-state index is 10.8. The average Bonchev–Trinajstić information content (AvgIpc) is 2.60. The van der Waals surface area contributed by atoms with Crippen molar-refractivity contribution in [3.63, 3.8) is 0 Å². The first-order chi connectivity index (χ1) is 12.5. The van der Waals surface area contributed by atoms with Gasteiger partial charge in [-0.1, -0.05) is 0 Å². The van der Waals surface area contributed by atoms with Crippen molar-refractivity contribution in [3.05, 3.63) is 0 Å². The molecule has 2 saturated heterocycles. The Hall–Kier alpha value is -0.530. The molecule has 0 bridgehead atoms. The molecule has 2 rings (SSSR count). The van der Waals surface area contributed by atoms with E-state index in [2.05, 4.69) is 4.18 Å². The van der Waals surface area contributed by atoms with Gasteiger partial charge in [0, 0.05) is 0 Å². The van der Waals surface area contributed by atoms with Crippen LogP contribution >= 0.6 is 0 Å². The van der Waals surface area contributed by atoms with E-state index in [1.54, 1.807) is 0 Å². The number of aliphatic hydroxyl groups excluding tert-OH is 7. The highest BCUT2D eigenvalue weighted by molar-refractivity contribution is 7.80. The van der Waals surface area contributed by atoms with Gasteiger partial charge in [-0.25, -0.2) is 4.18 Å². The summed E-state index contributed by atoms with van der Waals surface area (Å²) in [4.78, 5) is 0. The van der Waals surface area contributed by atoms with E-state index in [0.717, 1.165) is 0 Å². The topological polar surface area (TPSA) is 233 Å². The third kappa shape index (κ3) is 5.10. The third-order valence-electron chi connectivity index (χ3n) is 4.18. The molecular formula is C12H22O14S. The van der Waals surface area contributed by atoms with Crippen LogP contribution in [0.4, 0.5) is 0 Å². The van der Waals surface area contributed by atoms with Gasteiger partial charge in [-0.2, -0.15) is 8.42 Å². The SMILES string of the molecule is O=S(=O)(O)OC1O[C@H](CO)[C@@H](O[C@@H]2O[C@H](CO)[C@H](O)[C@H](O)[C@H]2O)[C@H](O)[C@H]1O. The number of hydrogen-bond donors (Lipinski definition) is 8. The highest BCUT2D eigenvalue weighted by atomic mass is 32.3. The zero-order valence-electron chi connectivity index (χ0n) is 13.6. The second-order valence-electron chi connectivity index (χ2n) is 6.03. The van der Waals surface area contributed by atoms with Gasteiger partial charge in [0.15, 0.2) is 6.29 Å². The van der Waals surface area contributed by atoms with Crippen LogP contribution in [0.3, 0.4) is 0 Å². The molecule has 15 heteroatoms. The lowest BCUT2D eigenvalue weighted by Gasteiger charge is -2.45. The Labute approximate surface area is 153 Å². The van der Waals surface area contributed by atoms with Gasteiger partial charge in [0.05, 0.1) is 13.2 Å². The van der Waals surface area contributed by atoms with Crippen molar-refractivity contribution in [2.45, 2.75) is 61.4 Å². The molecule has 0 aromatic carbocycles. The summed E-state index contributed by atoms with van der Waals surface area (Å²) >= 11 is 0. The van der Waals surface area contributed by atoms with E-state index in [0.29, 0.717) is 0 Å². The fourth-order valence-electron chi connectivity index (χ4n) is 2.75. The van der Waals surface area contributed by atoms with E-state index < -0.39 is 85.0 Å². The summed E-state index contributed by atoms with van der Waals surface area (Å²) in [7, 11) is -5.06. The van der Waals surface area contributed by atoms with E-state index >= 15 is 0 Å². The molecule has 2 aliphatic heterocycles. The minimum absolute atomic E-state index is 0.745. The molecule has 0 amide bonds. The van der Waals surface area contributed by atoms with E-state index in [-0.39, 0.29) is 0 Å². The first-order valence-electron chi connectivity index (χ1n) is 7.74. The van der Waals surface area contributed by atoms with Crippen molar-refractivity contribution in [1.82, 2.24) is 0 Å². The molecule has 0 spiro atoms. The second kappa shape index (κ2) is 8.87. The normalized spacial score (nSPS) is 46.4. The van der Waals surface area contributed by atoms with Crippen molar-refractivity contribution >= 4 is 10.4 Å². The van der Waals surface area contributed by atoms with Crippen LogP contribution in [0.5, 0.6) is 0 Å². The van der Waals surface area contributed by atoms with E-state index in [4.69, 9.17) is 23.9 Å². The maximum absolute atomic E-state index is 10.8. The minimum atomic E-state index is -5.06. The lowest BCUT2D eigenvalue weighted by molar-refractivity contribution is -0.352. The summed E-state index contributed by atoms with van der Waals surface area (Å²) in [5.41, 5.74) is 0. The Morgan fingerprint density at radius 1 is 0.741 bits per heavy atom. The third-order valence-corrected chi connectivity index (χ3v) is 4.61. The summed E-state index contributed by atoms with van der Waals surface area (Å²) in [5.74, 6) is 0. The monoisotopic (exact) mass is 422 g/mol. The van der Waals surface area contributed by atoms with Gasteiger partial charge in [-0.05, 0) is 0 Å². The van der Waals surface area contributed by atoms with E-state index in [1.165, 1.54) is 0 Å². The van der Waals surface area contributed by atoms with Gasteiger partial charge in [0.25, 0.3) is 0 Å². The van der Waals surface area contributed by atoms with Crippen LogP contribution in [0, 0.1) is 0 Å². The van der Waals surface area contributed by atoms with Crippen molar-refractivity contribution in [2.75, 3.05) is 13.2 Å². The van der Waals surface area contributed by atoms with Gasteiger partial charge in [-0.3, -0.25) is 4.55 Å². The standard InChI is InChI=1S/C12H22O14S/c13-1-3-5(15)6(16)8(18)11(23-3)25-10-4(2-14)24-12(9(19)7(10)17)26-27(20,21)22/h3-19H,1-2H2,(H,20,21,22)/t3-,4-,5+,6+,7-,8-,9-,10-,11+,12?/m1/s1. The van der Waals surface area contributed by atoms with Gasteiger partial charge < -0.3 is 50.0 Å². The van der Waals surface area contributed by atoms with E-state index in [1.807, 2.05) is 0 Å². The molecule has 2 heterocycles. The Balaban J connectivity index is 2.15. The summed E-state index contributed by atoms with van der Waals surface area (Å²) in [6, 6.07) is 0. The van der Waals surface area contributed by atoms with Crippen molar-refractivity contribution in [2.24, 2.45) is 0 Å². The second-order valence-corrected chi connectivity index (χ2v) is 7.08. The van der Waals surface area contributed by atoms with Crippen LogP contribution in [0.1, 0.15) is 0 Å². The Bertz CT molecular complexity index is 581. The molecule has 0 saturated carbocycles. The van der Waals surface area contributed by atoms with E-state index in [9.17, 15) is 39.1 Å². The van der Waals surface area contributed by atoms with Gasteiger partial charge in [0.2, 0.25) is 6.29 Å². The summed E-state index contributed by atoms with van der Waals surface area (Å²) in [6.45, 7) is -1.62. The van der Waals surface area contributed by atoms with Crippen molar-refractivity contribution in [3.8, 4) is 0 Å². The lowest BCUT2D eigenvalue weighted by atomic mass is 9.97. The molecule has 0 aliphatic carbocycles. The van der Waals surface area contributed by atoms with Crippen LogP contribution in [-0.4, -0.2) is 123 Å². The molecule has 0 aromatic heterocycles. The Morgan fingerprint density at radius 2 is 1.26 bits per heavy atom. The van der Waals surface area contributed by atoms with Crippen LogP contribution in [0.15, 0.2) is 0 Å². The van der Waals surface area contributed by atoms with Crippen molar-refractivity contribution < 1.29 is 67.1 Å². The van der Waals surface area contributed by atoms with Crippen LogP contribution in [0.2, 0.25) is 0 Å². The first kappa shape index (κ1) is 22.8. The zero-order valence-corrected chi connectivity index (χ0v) is 14.4. The smallest absolute Gasteiger partial charge is 0.394 e. The molecule has 14 nitrogen and oxygen atoms in total. The predicted molar refractivity (Wildman–Crippen MR) is 79.0 cm³/mol. The molecule has 2 fully saturated rings. The molecule has 8 N–H and O–H groups in total. The number of rotatable bonds is 6. The van der Waals surface area contributed by atoms with Crippen LogP contribution in [-0.2, 0) is 28.8 Å². The number of hydrogen-bond acceptors (Lipinski definition) is 13. The molecule has 10 atom stereocenters. The van der Waals surface area contributed by atoms with Gasteiger partial charge >= 0.3 is 10.4 Å². The first-order valence-corrected chi connectivity index (χ1v) is 9.10. The van der Waals surface area contributed by atoms with Gasteiger partial charge in [-0.15, -0.1) is 0 Å². The quantitative estimate of drug-likeness (QED) is 0.186. The molecule has 0 aromatic rings. The Kier molecular flexibility index (Phi) is 7.47. The average molecular weight is 422 g/mol. The van der Waals surface area contributed by atoms with Crippen LogP contribution < -0.4 is 0 Å². The van der Waals surface area contributed by atoms with Gasteiger partial charge in [0.1, 0.15) is 48.8 Å². The fraction of sp³-hybridized carbons (Fsp3) is 1.00. The largest absolute Gasteiger partial charge is 0.399 e. The Morgan fingerprint density at radius 3 is 1.78 bits per heavy atom. The summed E-state index contributed by atoms with van der Waals surface area (Å²) in [5, 5.41) is 67.9. The molecule has 2 aliphatic rings. The van der Waals surface area contributed by atoms with Crippen LogP contribution in [0.25, 0.3) is 0 Å². The number of aliphatic hydroxyl groups is 7. The zero-order chi connectivity index (χ0) is 20.5.